The van der Waals surface area contributed by atoms with E-state index in [-0.39, 0.29) is 30.5 Å². The highest BCUT2D eigenvalue weighted by Crippen LogP contribution is 2.18. The minimum Gasteiger partial charge on any atom is -0.491 e. The maximum absolute atomic E-state index is 11.9. The maximum atomic E-state index is 11.9. The van der Waals surface area contributed by atoms with Crippen molar-refractivity contribution in [2.24, 2.45) is 5.41 Å². The lowest BCUT2D eigenvalue weighted by molar-refractivity contribution is -0.131. The van der Waals surface area contributed by atoms with Crippen molar-refractivity contribution in [3.8, 4) is 5.75 Å². The first-order valence-corrected chi connectivity index (χ1v) is 7.94. The number of benzene rings is 1. The molecule has 0 spiro atoms. The van der Waals surface area contributed by atoms with Gasteiger partial charge in [0.1, 0.15) is 5.75 Å². The van der Waals surface area contributed by atoms with Crippen LogP contribution in [0.25, 0.3) is 0 Å². The van der Waals surface area contributed by atoms with Crippen molar-refractivity contribution >= 4 is 11.8 Å². The third-order valence-electron chi connectivity index (χ3n) is 3.22. The number of nitrogens with one attached hydrogen (secondary N) is 2. The van der Waals surface area contributed by atoms with Crippen LogP contribution in [0.3, 0.4) is 0 Å². The molecule has 1 atom stereocenters. The molecule has 1 unspecified atom stereocenters. The monoisotopic (exact) mass is 320 g/mol. The number of carbonyl (C=O) groups excluding carboxylic acids is 2. The Morgan fingerprint density at radius 2 is 1.65 bits per heavy atom. The van der Waals surface area contributed by atoms with E-state index in [1.54, 1.807) is 0 Å². The topological polar surface area (TPSA) is 67.4 Å². The van der Waals surface area contributed by atoms with E-state index in [1.807, 2.05) is 65.8 Å². The minimum atomic E-state index is -0.502. The summed E-state index contributed by atoms with van der Waals surface area (Å²) in [6, 6.07) is 7.49. The van der Waals surface area contributed by atoms with Crippen LogP contribution in [0.4, 0.5) is 0 Å². The zero-order valence-corrected chi connectivity index (χ0v) is 14.9. The Kier molecular flexibility index (Phi) is 6.61. The molecule has 0 saturated carbocycles. The van der Waals surface area contributed by atoms with Crippen LogP contribution in [0.1, 0.15) is 53.1 Å². The average molecular weight is 320 g/mol. The molecule has 0 radical (unpaired) electrons. The zero-order valence-electron chi connectivity index (χ0n) is 14.9. The molecule has 128 valence electrons. The quantitative estimate of drug-likeness (QED) is 0.847. The Morgan fingerprint density at radius 3 is 2.13 bits per heavy atom. The van der Waals surface area contributed by atoms with Gasteiger partial charge in [-0.25, -0.2) is 0 Å². The molecule has 0 aliphatic carbocycles. The van der Waals surface area contributed by atoms with Gasteiger partial charge in [-0.15, -0.1) is 0 Å². The smallest absolute Gasteiger partial charge is 0.239 e. The van der Waals surface area contributed by atoms with Gasteiger partial charge in [-0.05, 0) is 38.5 Å². The summed E-state index contributed by atoms with van der Waals surface area (Å²) >= 11 is 0. The molecule has 0 aliphatic rings. The van der Waals surface area contributed by atoms with Gasteiger partial charge in [0.25, 0.3) is 0 Å². The fraction of sp³-hybridized carbons (Fsp3) is 0.556. The Hall–Kier alpha value is -2.04. The summed E-state index contributed by atoms with van der Waals surface area (Å²) in [4.78, 5) is 23.7. The standard InChI is InChI=1S/C18H28N2O3/c1-12(2)23-15-9-7-14(8-10-15)13(3)20-16(21)11-19-17(22)18(4,5)6/h7-10,12-13H,11H2,1-6H3,(H,19,22)(H,20,21). The number of amides is 2. The first-order valence-electron chi connectivity index (χ1n) is 7.94. The molecule has 0 bridgehead atoms. The Balaban J connectivity index is 2.50. The van der Waals surface area contributed by atoms with Gasteiger partial charge >= 0.3 is 0 Å². The van der Waals surface area contributed by atoms with Crippen molar-refractivity contribution in [1.29, 1.82) is 0 Å². The molecule has 5 heteroatoms. The Labute approximate surface area is 138 Å². The normalized spacial score (nSPS) is 12.7. The lowest BCUT2D eigenvalue weighted by Gasteiger charge is -2.19. The lowest BCUT2D eigenvalue weighted by atomic mass is 9.96. The number of carbonyl (C=O) groups is 2. The second-order valence-corrected chi connectivity index (χ2v) is 6.96. The van der Waals surface area contributed by atoms with Gasteiger partial charge < -0.3 is 15.4 Å². The van der Waals surface area contributed by atoms with E-state index in [1.165, 1.54) is 0 Å². The fourth-order valence-electron chi connectivity index (χ4n) is 1.91. The predicted molar refractivity (Wildman–Crippen MR) is 91.2 cm³/mol. The van der Waals surface area contributed by atoms with Crippen molar-refractivity contribution in [2.75, 3.05) is 6.54 Å². The molecule has 23 heavy (non-hydrogen) atoms. The number of ether oxygens (including phenoxy) is 1. The predicted octanol–water partition coefficient (Wildman–Crippen LogP) is 2.81. The third-order valence-corrected chi connectivity index (χ3v) is 3.22. The van der Waals surface area contributed by atoms with Crippen LogP contribution in [0.5, 0.6) is 5.75 Å². The summed E-state index contributed by atoms with van der Waals surface area (Å²) in [5, 5.41) is 5.51. The van der Waals surface area contributed by atoms with Gasteiger partial charge in [0, 0.05) is 5.41 Å². The van der Waals surface area contributed by atoms with Gasteiger partial charge in [0.15, 0.2) is 0 Å². The summed E-state index contributed by atoms with van der Waals surface area (Å²) in [6.45, 7) is 11.3. The third kappa shape index (κ3) is 6.72. The minimum absolute atomic E-state index is 0.0189. The van der Waals surface area contributed by atoms with E-state index < -0.39 is 5.41 Å². The van der Waals surface area contributed by atoms with Crippen LogP contribution >= 0.6 is 0 Å². The van der Waals surface area contributed by atoms with Crippen LogP contribution in [0, 0.1) is 5.41 Å². The van der Waals surface area contributed by atoms with Crippen LogP contribution < -0.4 is 15.4 Å². The highest BCUT2D eigenvalue weighted by atomic mass is 16.5. The van der Waals surface area contributed by atoms with Crippen LogP contribution in [0.2, 0.25) is 0 Å². The molecular weight excluding hydrogens is 292 g/mol. The molecular formula is C18H28N2O3. The van der Waals surface area contributed by atoms with Crippen molar-refractivity contribution in [3.63, 3.8) is 0 Å². The van der Waals surface area contributed by atoms with Gasteiger partial charge in [-0.3, -0.25) is 9.59 Å². The largest absolute Gasteiger partial charge is 0.491 e. The van der Waals surface area contributed by atoms with E-state index in [9.17, 15) is 9.59 Å². The maximum Gasteiger partial charge on any atom is 0.239 e. The molecule has 0 fully saturated rings. The highest BCUT2D eigenvalue weighted by Gasteiger charge is 2.21. The van der Waals surface area contributed by atoms with Crippen LogP contribution in [0.15, 0.2) is 24.3 Å². The van der Waals surface area contributed by atoms with Crippen molar-refractivity contribution in [2.45, 2.75) is 53.7 Å². The molecule has 0 heterocycles. The van der Waals surface area contributed by atoms with E-state index >= 15 is 0 Å². The zero-order chi connectivity index (χ0) is 17.6. The van der Waals surface area contributed by atoms with E-state index in [0.29, 0.717) is 0 Å². The summed E-state index contributed by atoms with van der Waals surface area (Å²) in [5.74, 6) is 0.452. The second kappa shape index (κ2) is 7.99. The van der Waals surface area contributed by atoms with Crippen LogP contribution in [-0.4, -0.2) is 24.5 Å². The molecule has 2 N–H and O–H groups in total. The molecule has 5 nitrogen and oxygen atoms in total. The van der Waals surface area contributed by atoms with Crippen molar-refractivity contribution in [1.82, 2.24) is 10.6 Å². The van der Waals surface area contributed by atoms with E-state index in [2.05, 4.69) is 10.6 Å². The second-order valence-electron chi connectivity index (χ2n) is 6.96. The van der Waals surface area contributed by atoms with Gasteiger partial charge in [-0.1, -0.05) is 32.9 Å². The summed E-state index contributed by atoms with van der Waals surface area (Å²) in [6.07, 6.45) is 0.129. The molecule has 0 aliphatic heterocycles. The highest BCUT2D eigenvalue weighted by molar-refractivity contribution is 5.87. The summed E-state index contributed by atoms with van der Waals surface area (Å²) in [7, 11) is 0. The number of hydrogen-bond acceptors (Lipinski definition) is 3. The first kappa shape index (κ1) is 19.0. The van der Waals surface area contributed by atoms with E-state index in [4.69, 9.17) is 4.74 Å². The molecule has 2 amide bonds. The summed E-state index contributed by atoms with van der Waals surface area (Å²) in [5.41, 5.74) is 0.481. The molecule has 1 aromatic rings. The van der Waals surface area contributed by atoms with Gasteiger partial charge in [0.2, 0.25) is 11.8 Å². The Bertz CT molecular complexity index is 530. The SMILES string of the molecule is CC(C)Oc1ccc(C(C)NC(=O)CNC(=O)C(C)(C)C)cc1. The average Bonchev–Trinajstić information content (AvgIpc) is 2.43. The molecule has 1 aromatic carbocycles. The van der Waals surface area contributed by atoms with Crippen LogP contribution in [-0.2, 0) is 9.59 Å². The van der Waals surface area contributed by atoms with Crippen molar-refractivity contribution < 1.29 is 14.3 Å². The first-order chi connectivity index (χ1) is 10.6. The molecule has 1 rings (SSSR count). The summed E-state index contributed by atoms with van der Waals surface area (Å²) < 4.78 is 5.59. The Morgan fingerprint density at radius 1 is 1.09 bits per heavy atom. The fourth-order valence-corrected chi connectivity index (χ4v) is 1.91. The molecule has 0 saturated heterocycles. The molecule has 0 aromatic heterocycles. The van der Waals surface area contributed by atoms with E-state index in [0.717, 1.165) is 11.3 Å². The number of hydrogen-bond donors (Lipinski definition) is 2. The van der Waals surface area contributed by atoms with Crippen molar-refractivity contribution in [3.05, 3.63) is 29.8 Å². The number of rotatable bonds is 6. The lowest BCUT2D eigenvalue weighted by Crippen LogP contribution is -2.42. The van der Waals surface area contributed by atoms with Gasteiger partial charge in [0.05, 0.1) is 18.7 Å². The van der Waals surface area contributed by atoms with Gasteiger partial charge in [-0.2, -0.15) is 0 Å².